The maximum absolute atomic E-state index is 4.44. The van der Waals surface area contributed by atoms with Gasteiger partial charge in [0, 0.05) is 18.8 Å². The normalized spacial score (nSPS) is 14.7. The zero-order valence-corrected chi connectivity index (χ0v) is 11.3. The molecule has 5 nitrogen and oxygen atoms in total. The molecule has 0 atom stereocenters. The van der Waals surface area contributed by atoms with Gasteiger partial charge in [0.05, 0.1) is 23.8 Å². The molecule has 2 aromatic heterocycles. The molecule has 0 aliphatic carbocycles. The van der Waals surface area contributed by atoms with E-state index in [0.29, 0.717) is 11.6 Å². The van der Waals surface area contributed by atoms with Crippen LogP contribution in [-0.4, -0.2) is 28.1 Å². The van der Waals surface area contributed by atoms with Gasteiger partial charge in [0.1, 0.15) is 0 Å². The molecule has 0 unspecified atom stereocenters. The topological polar surface area (TPSA) is 62.9 Å². The van der Waals surface area contributed by atoms with Crippen LogP contribution < -0.4 is 0 Å². The lowest BCUT2D eigenvalue weighted by Crippen LogP contribution is -1.93. The van der Waals surface area contributed by atoms with E-state index in [1.54, 1.807) is 24.8 Å². The average molecular weight is 275 g/mol. The minimum atomic E-state index is 0.671. The smallest absolute Gasteiger partial charge is 0.151 e. The first-order valence-corrected chi connectivity index (χ1v) is 6.58. The standard InChI is InChI=1S/C16H13N5/c1-3-9-17-15(5-1)19-11-13-7-8-14(21-13)12-20-16-6-2-4-10-18-16/h1-7,9-12H,8H2/b19-11-,20-12?. The van der Waals surface area contributed by atoms with Crippen molar-refractivity contribution >= 4 is 29.8 Å². The number of nitrogens with zero attached hydrogens (tertiary/aromatic N) is 5. The van der Waals surface area contributed by atoms with Crippen LogP contribution in [0, 0.1) is 0 Å². The summed E-state index contributed by atoms with van der Waals surface area (Å²) in [6.45, 7) is 0. The van der Waals surface area contributed by atoms with Crippen LogP contribution in [-0.2, 0) is 0 Å². The molecule has 0 saturated carbocycles. The van der Waals surface area contributed by atoms with Crippen molar-refractivity contribution in [3.8, 4) is 0 Å². The summed E-state index contributed by atoms with van der Waals surface area (Å²) in [7, 11) is 0. The van der Waals surface area contributed by atoms with E-state index >= 15 is 0 Å². The highest BCUT2D eigenvalue weighted by Gasteiger charge is 2.04. The number of allylic oxidation sites excluding steroid dienone is 2. The lowest BCUT2D eigenvalue weighted by atomic mass is 10.3. The zero-order chi connectivity index (χ0) is 14.3. The van der Waals surface area contributed by atoms with Crippen LogP contribution in [0.3, 0.4) is 0 Å². The van der Waals surface area contributed by atoms with Gasteiger partial charge in [-0.1, -0.05) is 18.2 Å². The first-order valence-electron chi connectivity index (χ1n) is 6.58. The highest BCUT2D eigenvalue weighted by Crippen LogP contribution is 2.11. The van der Waals surface area contributed by atoms with Gasteiger partial charge in [-0.05, 0) is 24.3 Å². The molecule has 0 fully saturated rings. The Kier molecular flexibility index (Phi) is 4.02. The molecular weight excluding hydrogens is 262 g/mol. The molecule has 3 heterocycles. The molecule has 0 N–H and O–H groups in total. The van der Waals surface area contributed by atoms with Crippen molar-refractivity contribution in [1.29, 1.82) is 0 Å². The predicted octanol–water partition coefficient (Wildman–Crippen LogP) is 3.31. The third-order valence-corrected chi connectivity index (χ3v) is 2.77. The molecule has 5 heteroatoms. The number of hydrogen-bond acceptors (Lipinski definition) is 5. The Morgan fingerprint density at radius 2 is 1.52 bits per heavy atom. The van der Waals surface area contributed by atoms with Gasteiger partial charge in [0.25, 0.3) is 0 Å². The summed E-state index contributed by atoms with van der Waals surface area (Å²) < 4.78 is 0. The largest absolute Gasteiger partial charge is 0.250 e. The highest BCUT2D eigenvalue weighted by atomic mass is 14.9. The Bertz CT molecular complexity index is 715. The second kappa shape index (κ2) is 6.47. The fourth-order valence-electron chi connectivity index (χ4n) is 1.76. The Balaban J connectivity index is 1.64. The fraction of sp³-hybridized carbons (Fsp3) is 0.0625. The first kappa shape index (κ1) is 13.1. The van der Waals surface area contributed by atoms with E-state index in [0.717, 1.165) is 17.8 Å². The van der Waals surface area contributed by atoms with Gasteiger partial charge in [-0.2, -0.15) is 0 Å². The molecule has 0 spiro atoms. The summed E-state index contributed by atoms with van der Waals surface area (Å²) in [5.74, 6) is 1.35. The van der Waals surface area contributed by atoms with Gasteiger partial charge in [0.2, 0.25) is 0 Å². The van der Waals surface area contributed by atoms with Crippen LogP contribution >= 0.6 is 0 Å². The fourth-order valence-corrected chi connectivity index (χ4v) is 1.76. The summed E-state index contributed by atoms with van der Waals surface area (Å²) in [6, 6.07) is 11.2. The van der Waals surface area contributed by atoms with E-state index in [1.165, 1.54) is 0 Å². The van der Waals surface area contributed by atoms with Crippen molar-refractivity contribution in [2.75, 3.05) is 0 Å². The number of aliphatic imine (C=N–C) groups is 3. The molecule has 0 saturated heterocycles. The molecule has 0 bridgehead atoms. The van der Waals surface area contributed by atoms with E-state index < -0.39 is 0 Å². The Morgan fingerprint density at radius 1 is 0.857 bits per heavy atom. The number of pyridine rings is 2. The second-order valence-electron chi connectivity index (χ2n) is 4.33. The number of rotatable bonds is 4. The minimum absolute atomic E-state index is 0.671. The molecular formula is C16H13N5. The van der Waals surface area contributed by atoms with Gasteiger partial charge in [-0.3, -0.25) is 4.99 Å². The summed E-state index contributed by atoms with van der Waals surface area (Å²) in [6.07, 6.45) is 9.63. The van der Waals surface area contributed by atoms with Gasteiger partial charge in [-0.15, -0.1) is 0 Å². The van der Waals surface area contributed by atoms with Crippen molar-refractivity contribution in [3.05, 3.63) is 60.6 Å². The highest BCUT2D eigenvalue weighted by molar-refractivity contribution is 6.33. The first-order chi connectivity index (χ1) is 10.4. The predicted molar refractivity (Wildman–Crippen MR) is 84.9 cm³/mol. The number of hydrogen-bond donors (Lipinski definition) is 0. The molecule has 0 amide bonds. The quantitative estimate of drug-likeness (QED) is 0.803. The lowest BCUT2D eigenvalue weighted by Gasteiger charge is -1.91. The van der Waals surface area contributed by atoms with E-state index in [1.807, 2.05) is 42.5 Å². The maximum Gasteiger partial charge on any atom is 0.151 e. The number of aromatic nitrogens is 2. The van der Waals surface area contributed by atoms with Crippen LogP contribution in [0.5, 0.6) is 0 Å². The summed E-state index contributed by atoms with van der Waals surface area (Å²) in [5.41, 5.74) is 1.71. The van der Waals surface area contributed by atoms with Gasteiger partial charge >= 0.3 is 0 Å². The van der Waals surface area contributed by atoms with Crippen LogP contribution in [0.15, 0.2) is 75.5 Å². The van der Waals surface area contributed by atoms with Crippen molar-refractivity contribution in [2.24, 2.45) is 15.0 Å². The van der Waals surface area contributed by atoms with Crippen LogP contribution in [0.1, 0.15) is 6.42 Å². The minimum Gasteiger partial charge on any atom is -0.250 e. The maximum atomic E-state index is 4.44. The molecule has 1 aliphatic rings. The van der Waals surface area contributed by atoms with E-state index in [2.05, 4.69) is 24.9 Å². The molecule has 1 aliphatic heterocycles. The molecule has 2 aromatic rings. The molecule has 3 rings (SSSR count). The average Bonchev–Trinajstić information content (AvgIpc) is 3.01. The molecule has 0 aromatic carbocycles. The van der Waals surface area contributed by atoms with Crippen LogP contribution in [0.2, 0.25) is 0 Å². The van der Waals surface area contributed by atoms with Crippen molar-refractivity contribution < 1.29 is 0 Å². The molecule has 0 radical (unpaired) electrons. The van der Waals surface area contributed by atoms with Crippen LogP contribution in [0.25, 0.3) is 0 Å². The Hall–Kier alpha value is -2.95. The van der Waals surface area contributed by atoms with Crippen molar-refractivity contribution in [3.63, 3.8) is 0 Å². The molecule has 102 valence electrons. The lowest BCUT2D eigenvalue weighted by molar-refractivity contribution is 1.28. The van der Waals surface area contributed by atoms with Gasteiger partial charge < -0.3 is 0 Å². The summed E-state index contributed by atoms with van der Waals surface area (Å²) in [4.78, 5) is 21.3. The third kappa shape index (κ3) is 3.76. The third-order valence-electron chi connectivity index (χ3n) is 2.77. The van der Waals surface area contributed by atoms with Crippen molar-refractivity contribution in [1.82, 2.24) is 9.97 Å². The van der Waals surface area contributed by atoms with Crippen molar-refractivity contribution in [2.45, 2.75) is 6.42 Å². The Morgan fingerprint density at radius 3 is 2.14 bits per heavy atom. The zero-order valence-electron chi connectivity index (χ0n) is 11.3. The second-order valence-corrected chi connectivity index (χ2v) is 4.33. The summed E-state index contributed by atoms with van der Waals surface area (Å²) in [5, 5.41) is 0. The Labute approximate surface area is 122 Å². The van der Waals surface area contributed by atoms with Crippen LogP contribution in [0.4, 0.5) is 11.6 Å². The van der Waals surface area contributed by atoms with E-state index in [-0.39, 0.29) is 0 Å². The molecule has 21 heavy (non-hydrogen) atoms. The van der Waals surface area contributed by atoms with Gasteiger partial charge in [0.15, 0.2) is 11.6 Å². The van der Waals surface area contributed by atoms with E-state index in [4.69, 9.17) is 0 Å². The monoisotopic (exact) mass is 275 g/mol. The van der Waals surface area contributed by atoms with Gasteiger partial charge in [-0.25, -0.2) is 20.0 Å². The summed E-state index contributed by atoms with van der Waals surface area (Å²) >= 11 is 0. The SMILES string of the molecule is C(=Nc1ccccn1)C1=NC(/C=N\c2ccccn2)=CC1. The van der Waals surface area contributed by atoms with E-state index in [9.17, 15) is 0 Å².